The molecule has 83 heavy (non-hydrogen) atoms. The van der Waals surface area contributed by atoms with Gasteiger partial charge in [-0.25, -0.2) is 0 Å². The van der Waals surface area contributed by atoms with Crippen molar-refractivity contribution in [1.29, 1.82) is 0 Å². The lowest BCUT2D eigenvalue weighted by molar-refractivity contribution is -0.167. The monoisotopic (exact) mass is 1150 g/mol. The molecule has 0 aliphatic carbocycles. The molecule has 0 radical (unpaired) electrons. The minimum absolute atomic E-state index is 0.102. The van der Waals surface area contributed by atoms with E-state index >= 15 is 0 Å². The van der Waals surface area contributed by atoms with Gasteiger partial charge < -0.3 is 14.2 Å². The lowest BCUT2D eigenvalue weighted by Gasteiger charge is -2.18. The molecule has 1 atom stereocenters. The van der Waals surface area contributed by atoms with Gasteiger partial charge in [-0.1, -0.05) is 289 Å². The molecule has 0 saturated carbocycles. The summed E-state index contributed by atoms with van der Waals surface area (Å²) in [5.41, 5.74) is 0. The van der Waals surface area contributed by atoms with Gasteiger partial charge in [-0.05, 0) is 141 Å². The van der Waals surface area contributed by atoms with Gasteiger partial charge in [0.2, 0.25) is 0 Å². The highest BCUT2D eigenvalue weighted by atomic mass is 16.6. The van der Waals surface area contributed by atoms with Crippen LogP contribution in [0.3, 0.4) is 0 Å². The molecule has 0 aromatic carbocycles. The van der Waals surface area contributed by atoms with Crippen LogP contribution in [0.4, 0.5) is 0 Å². The Hall–Kier alpha value is -4.71. The maximum absolute atomic E-state index is 13.0. The van der Waals surface area contributed by atoms with Crippen LogP contribution in [-0.2, 0) is 28.6 Å². The van der Waals surface area contributed by atoms with Crippen LogP contribution in [0.2, 0.25) is 0 Å². The normalized spacial score (nSPS) is 13.0. The molecule has 6 heteroatoms. The zero-order valence-electron chi connectivity index (χ0n) is 53.9. The number of esters is 3. The fourth-order valence-electron chi connectivity index (χ4n) is 9.23. The Morgan fingerprint density at radius 3 is 0.759 bits per heavy atom. The van der Waals surface area contributed by atoms with Crippen molar-refractivity contribution in [3.63, 3.8) is 0 Å². The van der Waals surface area contributed by atoms with Crippen LogP contribution in [0, 0.1) is 0 Å². The minimum Gasteiger partial charge on any atom is -0.462 e. The largest absolute Gasteiger partial charge is 0.462 e. The molecule has 0 amide bonds. The summed E-state index contributed by atoms with van der Waals surface area (Å²) in [4.78, 5) is 38.5. The van der Waals surface area contributed by atoms with Crippen LogP contribution in [0.5, 0.6) is 0 Å². The molecule has 0 bridgehead atoms. The molecule has 6 nitrogen and oxygen atoms in total. The lowest BCUT2D eigenvalue weighted by Crippen LogP contribution is -2.30. The topological polar surface area (TPSA) is 78.9 Å². The molecular formula is C77H126O6. The number of ether oxygens (including phenoxy) is 3. The molecule has 0 aromatic heterocycles. The maximum Gasteiger partial charge on any atom is 0.306 e. The first-order valence-electron chi connectivity index (χ1n) is 34.3. The zero-order valence-corrected chi connectivity index (χ0v) is 53.9. The van der Waals surface area contributed by atoms with Gasteiger partial charge in [-0.3, -0.25) is 14.4 Å². The van der Waals surface area contributed by atoms with Gasteiger partial charge in [-0.2, -0.15) is 0 Å². The Labute approximate surface area is 512 Å². The molecule has 0 rings (SSSR count). The highest BCUT2D eigenvalue weighted by molar-refractivity contribution is 5.71. The first kappa shape index (κ1) is 78.3. The molecule has 0 aliphatic heterocycles. The Morgan fingerprint density at radius 1 is 0.253 bits per heavy atom. The first-order chi connectivity index (χ1) is 41.0. The summed E-state index contributed by atoms with van der Waals surface area (Å²) in [5.74, 6) is -0.945. The summed E-state index contributed by atoms with van der Waals surface area (Å²) in [7, 11) is 0. The van der Waals surface area contributed by atoms with Crippen LogP contribution >= 0.6 is 0 Å². The average Bonchev–Trinajstić information content (AvgIpc) is 3.50. The highest BCUT2D eigenvalue weighted by Gasteiger charge is 2.19. The SMILES string of the molecule is CC/C=C\C/C=C\C/C=C\C/C=C\C/C=C\C/C=C\CCCCCCCCC(=O)OCC(COC(=O)CCCCC/C=C\C/C=C\C/C=C\C/C=C\C/C=C\CC)OC(=O)CCCCCCCCCCC/C=C\CCCCCCCCCC. The second kappa shape index (κ2) is 69.8. The standard InChI is InChI=1S/C77H126O6/c1-4-7-10-13-16-19-22-25-28-31-34-36-37-38-39-41-43-46-49-52-55-58-61-64-67-70-76(79)82-73-74(72-81-75(78)69-66-63-60-57-54-51-48-45-42-33-30-27-24-21-18-15-12-9-6-3)83-77(80)71-68-65-62-59-56-53-50-47-44-40-35-32-29-26-23-20-17-14-11-8-5-2/h7,9-10,12,16,18-19,21,25,27-28,30,32,34-36,38-39,42-43,45-46,51,54,74H,4-6,8,11,13-15,17,20,22-24,26,29,31,33,37,40-41,44,47-50,52-53,55-73H2,1-3H3/b10-7-,12-9-,19-16-,21-18-,28-25-,30-27-,35-32-,36-34-,39-38-,45-42-,46-43-,54-51-. The Balaban J connectivity index is 4.48. The van der Waals surface area contributed by atoms with Crippen LogP contribution < -0.4 is 0 Å². The fourth-order valence-corrected chi connectivity index (χ4v) is 9.23. The summed E-state index contributed by atoms with van der Waals surface area (Å²) >= 11 is 0. The number of rotatable bonds is 61. The van der Waals surface area contributed by atoms with E-state index in [1.807, 2.05) is 0 Å². The lowest BCUT2D eigenvalue weighted by atomic mass is 10.1. The van der Waals surface area contributed by atoms with Gasteiger partial charge >= 0.3 is 17.9 Å². The second-order valence-electron chi connectivity index (χ2n) is 22.3. The van der Waals surface area contributed by atoms with E-state index in [0.717, 1.165) is 148 Å². The van der Waals surface area contributed by atoms with E-state index in [4.69, 9.17) is 14.2 Å². The number of hydrogen-bond donors (Lipinski definition) is 0. The molecule has 0 saturated heterocycles. The van der Waals surface area contributed by atoms with E-state index in [1.165, 1.54) is 116 Å². The van der Waals surface area contributed by atoms with Gasteiger partial charge in [0.1, 0.15) is 13.2 Å². The Morgan fingerprint density at radius 2 is 0.470 bits per heavy atom. The zero-order chi connectivity index (χ0) is 59.9. The van der Waals surface area contributed by atoms with Crippen molar-refractivity contribution in [3.05, 3.63) is 146 Å². The predicted octanol–water partition coefficient (Wildman–Crippen LogP) is 23.9. The highest BCUT2D eigenvalue weighted by Crippen LogP contribution is 2.15. The minimum atomic E-state index is -0.808. The quantitative estimate of drug-likeness (QED) is 0.0261. The summed E-state index contributed by atoms with van der Waals surface area (Å²) in [6, 6.07) is 0. The van der Waals surface area contributed by atoms with Gasteiger partial charge in [-0.15, -0.1) is 0 Å². The van der Waals surface area contributed by atoms with E-state index < -0.39 is 6.10 Å². The summed E-state index contributed by atoms with van der Waals surface area (Å²) in [5, 5.41) is 0. The van der Waals surface area contributed by atoms with Gasteiger partial charge in [0, 0.05) is 19.3 Å². The van der Waals surface area contributed by atoms with Crippen LogP contribution in [-0.4, -0.2) is 37.2 Å². The van der Waals surface area contributed by atoms with E-state index in [9.17, 15) is 14.4 Å². The number of carbonyl (C=O) groups is 3. The van der Waals surface area contributed by atoms with Crippen molar-refractivity contribution < 1.29 is 28.6 Å². The Kier molecular flexibility index (Phi) is 65.8. The molecule has 0 spiro atoms. The number of unbranched alkanes of at least 4 members (excludes halogenated alkanes) is 26. The Bertz CT molecular complexity index is 1800. The van der Waals surface area contributed by atoms with Crippen molar-refractivity contribution in [2.75, 3.05) is 13.2 Å². The molecule has 0 heterocycles. The molecule has 470 valence electrons. The third-order valence-corrected chi connectivity index (χ3v) is 14.3. The summed E-state index contributed by atoms with van der Waals surface area (Å²) in [6.45, 7) is 6.39. The third kappa shape index (κ3) is 68.0. The number of carbonyl (C=O) groups excluding carboxylic acids is 3. The van der Waals surface area contributed by atoms with Crippen LogP contribution in [0.1, 0.15) is 303 Å². The van der Waals surface area contributed by atoms with E-state index in [2.05, 4.69) is 167 Å². The maximum atomic E-state index is 13.0. The molecular weight excluding hydrogens is 1020 g/mol. The van der Waals surface area contributed by atoms with Crippen LogP contribution in [0.25, 0.3) is 0 Å². The van der Waals surface area contributed by atoms with Gasteiger partial charge in [0.05, 0.1) is 0 Å². The van der Waals surface area contributed by atoms with E-state index in [-0.39, 0.29) is 31.1 Å². The average molecular weight is 1150 g/mol. The van der Waals surface area contributed by atoms with Crippen molar-refractivity contribution >= 4 is 17.9 Å². The fraction of sp³-hybridized carbons (Fsp3) is 0.649. The van der Waals surface area contributed by atoms with Crippen molar-refractivity contribution in [1.82, 2.24) is 0 Å². The van der Waals surface area contributed by atoms with Gasteiger partial charge in [0.25, 0.3) is 0 Å². The first-order valence-corrected chi connectivity index (χ1v) is 34.3. The molecule has 0 N–H and O–H groups in total. The third-order valence-electron chi connectivity index (χ3n) is 14.3. The predicted molar refractivity (Wildman–Crippen MR) is 362 cm³/mol. The molecule has 0 aliphatic rings. The molecule has 1 unspecified atom stereocenters. The van der Waals surface area contributed by atoms with Gasteiger partial charge in [0.15, 0.2) is 6.10 Å². The second-order valence-corrected chi connectivity index (χ2v) is 22.3. The summed E-state index contributed by atoms with van der Waals surface area (Å²) < 4.78 is 16.9. The molecule has 0 aromatic rings. The number of hydrogen-bond acceptors (Lipinski definition) is 6. The smallest absolute Gasteiger partial charge is 0.306 e. The summed E-state index contributed by atoms with van der Waals surface area (Å²) in [6.07, 6.45) is 100.0. The number of allylic oxidation sites excluding steroid dienone is 24. The van der Waals surface area contributed by atoms with Crippen molar-refractivity contribution in [3.8, 4) is 0 Å². The van der Waals surface area contributed by atoms with E-state index in [0.29, 0.717) is 19.3 Å². The van der Waals surface area contributed by atoms with Crippen molar-refractivity contribution in [2.45, 2.75) is 309 Å². The molecule has 0 fully saturated rings. The van der Waals surface area contributed by atoms with Crippen molar-refractivity contribution in [2.24, 2.45) is 0 Å². The van der Waals surface area contributed by atoms with Crippen LogP contribution in [0.15, 0.2) is 146 Å². The van der Waals surface area contributed by atoms with E-state index in [1.54, 1.807) is 0 Å².